The van der Waals surface area contributed by atoms with Crippen molar-refractivity contribution in [3.8, 4) is 11.5 Å². The molecular formula is C9H7F3N4S. The van der Waals surface area contributed by atoms with Crippen molar-refractivity contribution in [2.45, 2.75) is 6.18 Å². The van der Waals surface area contributed by atoms with Crippen LogP contribution in [0.25, 0.3) is 11.5 Å². The first-order valence-corrected chi connectivity index (χ1v) is 4.95. The first kappa shape index (κ1) is 11.8. The molecule has 0 aromatic carbocycles. The predicted octanol–water partition coefficient (Wildman–Crippen LogP) is 2.56. The number of nitrogens with zero attached hydrogens (tertiary/aromatic N) is 3. The number of halogens is 3. The van der Waals surface area contributed by atoms with Crippen LogP contribution in [0.4, 0.5) is 13.2 Å². The molecule has 8 heteroatoms. The van der Waals surface area contributed by atoms with E-state index in [0.29, 0.717) is 16.3 Å². The SMILES string of the molecule is Cn1c(-c2ccc(C(F)(F)F)cn2)n[nH]c1=S. The van der Waals surface area contributed by atoms with Gasteiger partial charge in [0, 0.05) is 13.2 Å². The van der Waals surface area contributed by atoms with Gasteiger partial charge in [-0.1, -0.05) is 0 Å². The molecule has 0 radical (unpaired) electrons. The summed E-state index contributed by atoms with van der Waals surface area (Å²) in [4.78, 5) is 3.72. The predicted molar refractivity (Wildman–Crippen MR) is 56.6 cm³/mol. The number of aromatic amines is 1. The van der Waals surface area contributed by atoms with E-state index in [1.54, 1.807) is 7.05 Å². The Kier molecular flexibility index (Phi) is 2.74. The molecule has 0 aliphatic rings. The third-order valence-corrected chi connectivity index (χ3v) is 2.56. The molecule has 0 unspecified atom stereocenters. The normalized spacial score (nSPS) is 11.8. The highest BCUT2D eigenvalue weighted by atomic mass is 32.1. The van der Waals surface area contributed by atoms with Crippen LogP contribution in [0.3, 0.4) is 0 Å². The van der Waals surface area contributed by atoms with Crippen molar-refractivity contribution in [3.05, 3.63) is 28.7 Å². The molecule has 1 N–H and O–H groups in total. The molecule has 0 bridgehead atoms. The van der Waals surface area contributed by atoms with Crippen LogP contribution in [0.1, 0.15) is 5.56 Å². The standard InChI is InChI=1S/C9H7F3N4S/c1-16-7(14-15-8(16)17)6-3-2-5(4-13-6)9(10,11)12/h2-4H,1H3,(H,15,17). The molecule has 90 valence electrons. The second kappa shape index (κ2) is 3.95. The van der Waals surface area contributed by atoms with Gasteiger partial charge in [0.15, 0.2) is 10.6 Å². The Morgan fingerprint density at radius 3 is 2.47 bits per heavy atom. The summed E-state index contributed by atoms with van der Waals surface area (Å²) in [6.45, 7) is 0. The lowest BCUT2D eigenvalue weighted by atomic mass is 10.2. The average molecular weight is 260 g/mol. The summed E-state index contributed by atoms with van der Waals surface area (Å²) in [7, 11) is 1.65. The molecule has 0 atom stereocenters. The number of pyridine rings is 1. The van der Waals surface area contributed by atoms with E-state index in [4.69, 9.17) is 12.2 Å². The monoisotopic (exact) mass is 260 g/mol. The van der Waals surface area contributed by atoms with Crippen LogP contribution in [-0.2, 0) is 13.2 Å². The lowest BCUT2D eigenvalue weighted by Gasteiger charge is -2.06. The Hall–Kier alpha value is -1.70. The second-order valence-electron chi connectivity index (χ2n) is 3.34. The fourth-order valence-electron chi connectivity index (χ4n) is 1.27. The third kappa shape index (κ3) is 2.21. The summed E-state index contributed by atoms with van der Waals surface area (Å²) in [6.07, 6.45) is -3.62. The largest absolute Gasteiger partial charge is 0.417 e. The maximum Gasteiger partial charge on any atom is 0.417 e. The van der Waals surface area contributed by atoms with Crippen molar-refractivity contribution in [1.82, 2.24) is 19.7 Å². The molecular weight excluding hydrogens is 253 g/mol. The minimum atomic E-state index is -4.39. The van der Waals surface area contributed by atoms with Gasteiger partial charge in [-0.25, -0.2) is 0 Å². The van der Waals surface area contributed by atoms with Gasteiger partial charge in [-0.05, 0) is 24.4 Å². The highest BCUT2D eigenvalue weighted by Gasteiger charge is 2.30. The molecule has 0 aliphatic carbocycles. The molecule has 0 saturated heterocycles. The number of aromatic nitrogens is 4. The van der Waals surface area contributed by atoms with Crippen molar-refractivity contribution in [3.63, 3.8) is 0 Å². The number of rotatable bonds is 1. The Morgan fingerprint density at radius 1 is 1.35 bits per heavy atom. The van der Waals surface area contributed by atoms with Crippen molar-refractivity contribution >= 4 is 12.2 Å². The number of hydrogen-bond donors (Lipinski definition) is 1. The molecule has 0 fully saturated rings. The number of alkyl halides is 3. The lowest BCUT2D eigenvalue weighted by Crippen LogP contribution is -2.05. The number of nitrogens with one attached hydrogen (secondary N) is 1. The van der Waals surface area contributed by atoms with Gasteiger partial charge in [-0.15, -0.1) is 0 Å². The van der Waals surface area contributed by atoms with E-state index in [1.807, 2.05) is 0 Å². The Balaban J connectivity index is 2.43. The highest BCUT2D eigenvalue weighted by Crippen LogP contribution is 2.29. The van der Waals surface area contributed by atoms with Crippen LogP contribution in [0.2, 0.25) is 0 Å². The van der Waals surface area contributed by atoms with E-state index in [-0.39, 0.29) is 0 Å². The third-order valence-electron chi connectivity index (χ3n) is 2.20. The summed E-state index contributed by atoms with van der Waals surface area (Å²) in [5.74, 6) is 0.392. The van der Waals surface area contributed by atoms with Crippen LogP contribution in [0, 0.1) is 4.77 Å². The average Bonchev–Trinajstić information content (AvgIpc) is 2.59. The van der Waals surface area contributed by atoms with Gasteiger partial charge in [0.2, 0.25) is 0 Å². The maximum atomic E-state index is 12.3. The molecule has 0 saturated carbocycles. The van der Waals surface area contributed by atoms with Gasteiger partial charge in [0.1, 0.15) is 5.69 Å². The fraction of sp³-hybridized carbons (Fsp3) is 0.222. The zero-order valence-electron chi connectivity index (χ0n) is 8.62. The van der Waals surface area contributed by atoms with Gasteiger partial charge in [-0.2, -0.15) is 18.3 Å². The maximum absolute atomic E-state index is 12.3. The van der Waals surface area contributed by atoms with E-state index >= 15 is 0 Å². The minimum Gasteiger partial charge on any atom is -0.302 e. The van der Waals surface area contributed by atoms with Crippen molar-refractivity contribution in [1.29, 1.82) is 0 Å². The fourth-order valence-corrected chi connectivity index (χ4v) is 1.40. The molecule has 2 rings (SSSR count). The molecule has 17 heavy (non-hydrogen) atoms. The van der Waals surface area contributed by atoms with E-state index in [1.165, 1.54) is 10.6 Å². The molecule has 0 aliphatic heterocycles. The first-order chi connectivity index (χ1) is 7.89. The number of hydrogen-bond acceptors (Lipinski definition) is 3. The molecule has 0 amide bonds. The van der Waals surface area contributed by atoms with Crippen molar-refractivity contribution < 1.29 is 13.2 Å². The van der Waals surface area contributed by atoms with Crippen LogP contribution in [0.15, 0.2) is 18.3 Å². The summed E-state index contributed by atoms with van der Waals surface area (Å²) in [6, 6.07) is 2.22. The molecule has 2 aromatic rings. The van der Waals surface area contributed by atoms with Crippen LogP contribution >= 0.6 is 12.2 Å². The van der Waals surface area contributed by atoms with E-state index in [0.717, 1.165) is 12.3 Å². The minimum absolute atomic E-state index is 0.327. The summed E-state index contributed by atoms with van der Waals surface area (Å²) in [5.41, 5.74) is -0.467. The van der Waals surface area contributed by atoms with Crippen molar-refractivity contribution in [2.24, 2.45) is 7.05 Å². The van der Waals surface area contributed by atoms with E-state index in [2.05, 4.69) is 15.2 Å². The van der Waals surface area contributed by atoms with Crippen LogP contribution < -0.4 is 0 Å². The second-order valence-corrected chi connectivity index (χ2v) is 3.73. The Labute approximate surface area is 99.1 Å². The summed E-state index contributed by atoms with van der Waals surface area (Å²) < 4.78 is 38.9. The Morgan fingerprint density at radius 2 is 2.06 bits per heavy atom. The summed E-state index contributed by atoms with van der Waals surface area (Å²) >= 11 is 4.90. The molecule has 2 aromatic heterocycles. The zero-order valence-corrected chi connectivity index (χ0v) is 9.43. The van der Waals surface area contributed by atoms with Gasteiger partial charge in [0.25, 0.3) is 0 Å². The van der Waals surface area contributed by atoms with Crippen molar-refractivity contribution in [2.75, 3.05) is 0 Å². The Bertz CT molecular complexity index is 582. The van der Waals surface area contributed by atoms with E-state index < -0.39 is 11.7 Å². The van der Waals surface area contributed by atoms with Crippen LogP contribution in [-0.4, -0.2) is 19.7 Å². The number of H-pyrrole nitrogens is 1. The quantitative estimate of drug-likeness (QED) is 0.801. The zero-order chi connectivity index (χ0) is 12.6. The van der Waals surface area contributed by atoms with Gasteiger partial charge >= 0.3 is 6.18 Å². The van der Waals surface area contributed by atoms with E-state index in [9.17, 15) is 13.2 Å². The summed E-state index contributed by atoms with van der Waals surface area (Å²) in [5, 5.41) is 6.41. The van der Waals surface area contributed by atoms with Gasteiger partial charge in [-0.3, -0.25) is 10.1 Å². The lowest BCUT2D eigenvalue weighted by molar-refractivity contribution is -0.137. The smallest absolute Gasteiger partial charge is 0.302 e. The van der Waals surface area contributed by atoms with Gasteiger partial charge < -0.3 is 4.57 Å². The molecule has 2 heterocycles. The van der Waals surface area contributed by atoms with Crippen LogP contribution in [0.5, 0.6) is 0 Å². The molecule has 4 nitrogen and oxygen atoms in total. The first-order valence-electron chi connectivity index (χ1n) is 4.54. The molecule has 0 spiro atoms. The highest BCUT2D eigenvalue weighted by molar-refractivity contribution is 7.71. The topological polar surface area (TPSA) is 46.5 Å². The van der Waals surface area contributed by atoms with Gasteiger partial charge in [0.05, 0.1) is 5.56 Å².